The number of carbonyl (C=O) groups is 1. The molecule has 2 aromatic rings. The molecule has 130 valence electrons. The van der Waals surface area contributed by atoms with Gasteiger partial charge in [-0.3, -0.25) is 5.32 Å². The second-order valence-corrected chi connectivity index (χ2v) is 6.66. The number of fused-ring (bicyclic) bond motifs is 1. The van der Waals surface area contributed by atoms with Crippen molar-refractivity contribution in [2.24, 2.45) is 17.4 Å². The highest BCUT2D eigenvalue weighted by molar-refractivity contribution is 6.02. The highest BCUT2D eigenvalue weighted by Gasteiger charge is 2.14. The largest absolute Gasteiger partial charge is 0.399 e. The summed E-state index contributed by atoms with van der Waals surface area (Å²) >= 11 is 0. The molecule has 3 rings (SSSR count). The molecule has 0 spiro atoms. The molecule has 0 aliphatic heterocycles. The first-order chi connectivity index (χ1) is 12.0. The number of primary amides is 1. The van der Waals surface area contributed by atoms with Crippen LogP contribution in [0.4, 0.5) is 10.6 Å². The lowest BCUT2D eigenvalue weighted by atomic mass is 9.87. The fourth-order valence-electron chi connectivity index (χ4n) is 3.51. The minimum atomic E-state index is -0.651. The van der Waals surface area contributed by atoms with Gasteiger partial charge in [0.2, 0.25) is 0 Å². The first-order valence-electron chi connectivity index (χ1n) is 8.70. The summed E-state index contributed by atoms with van der Waals surface area (Å²) in [6, 6.07) is 5.21. The van der Waals surface area contributed by atoms with Crippen LogP contribution in [0.5, 0.6) is 0 Å². The number of aromatic nitrogens is 1. The predicted molar refractivity (Wildman–Crippen MR) is 103 cm³/mol. The summed E-state index contributed by atoms with van der Waals surface area (Å²) in [7, 11) is 0. The molecule has 5 heteroatoms. The second kappa shape index (κ2) is 7.35. The molecule has 0 unspecified atom stereocenters. The van der Waals surface area contributed by atoms with Gasteiger partial charge in [0, 0.05) is 34.1 Å². The lowest BCUT2D eigenvalue weighted by Gasteiger charge is -2.18. The average molecular weight is 336 g/mol. The molecule has 1 aromatic carbocycles. The summed E-state index contributed by atoms with van der Waals surface area (Å²) in [4.78, 5) is 14.3. The van der Waals surface area contributed by atoms with Crippen LogP contribution in [0.2, 0.25) is 0 Å². The number of amides is 2. The van der Waals surface area contributed by atoms with Crippen molar-refractivity contribution in [1.82, 2.24) is 4.98 Å². The smallest absolute Gasteiger partial charge is 0.317 e. The average Bonchev–Trinajstić information content (AvgIpc) is 2.92. The van der Waals surface area contributed by atoms with Crippen molar-refractivity contribution < 1.29 is 4.79 Å². The molecule has 1 fully saturated rings. The zero-order valence-corrected chi connectivity index (χ0v) is 14.3. The van der Waals surface area contributed by atoms with Crippen molar-refractivity contribution in [3.63, 3.8) is 0 Å². The van der Waals surface area contributed by atoms with Crippen LogP contribution in [-0.4, -0.2) is 11.0 Å². The van der Waals surface area contributed by atoms with Gasteiger partial charge in [0.05, 0.1) is 0 Å². The second-order valence-electron chi connectivity index (χ2n) is 6.66. The zero-order chi connectivity index (χ0) is 17.8. The van der Waals surface area contributed by atoms with Crippen LogP contribution in [-0.2, 0) is 0 Å². The molecule has 5 nitrogen and oxygen atoms in total. The van der Waals surface area contributed by atoms with E-state index in [0.29, 0.717) is 17.1 Å². The molecule has 0 saturated heterocycles. The summed E-state index contributed by atoms with van der Waals surface area (Å²) in [5.41, 5.74) is 13.9. The van der Waals surface area contributed by atoms with Gasteiger partial charge in [0.1, 0.15) is 5.82 Å². The minimum absolute atomic E-state index is 0.367. The van der Waals surface area contributed by atoms with Gasteiger partial charge in [0.25, 0.3) is 0 Å². The summed E-state index contributed by atoms with van der Waals surface area (Å²) in [5, 5.41) is 3.44. The number of anilines is 1. The van der Waals surface area contributed by atoms with Crippen LogP contribution in [0, 0.1) is 17.8 Å². The van der Waals surface area contributed by atoms with E-state index in [2.05, 4.69) is 28.7 Å². The topological polar surface area (TPSA) is 96.9 Å². The van der Waals surface area contributed by atoms with E-state index in [1.54, 1.807) is 0 Å². The molecule has 1 heterocycles. The molecule has 2 amide bonds. The fraction of sp³-hybridized carbons (Fsp3) is 0.350. The number of H-pyrrole nitrogens is 1. The standard InChI is InChI=1S/C20H24N4O/c1-13(21)18-16-11-10-15(9-5-8-14-6-3-2-4-7-14)12-17(16)23-19(18)24-20(22)25/h10-12,14,23H,1-4,6-8,21H2,(H3,22,24,25). The number of nitrogens with two attached hydrogens (primary N) is 2. The van der Waals surface area contributed by atoms with Gasteiger partial charge in [-0.25, -0.2) is 4.79 Å². The Morgan fingerprint density at radius 1 is 1.28 bits per heavy atom. The summed E-state index contributed by atoms with van der Waals surface area (Å²) in [5.74, 6) is 7.77. The van der Waals surface area contributed by atoms with Crippen LogP contribution in [0.1, 0.15) is 49.7 Å². The van der Waals surface area contributed by atoms with E-state index in [0.717, 1.165) is 28.8 Å². The Hall–Kier alpha value is -2.87. The number of rotatable bonds is 3. The maximum atomic E-state index is 11.2. The fourth-order valence-corrected chi connectivity index (χ4v) is 3.51. The summed E-state index contributed by atoms with van der Waals surface area (Å²) in [6.45, 7) is 3.78. The lowest BCUT2D eigenvalue weighted by molar-refractivity contribution is 0.259. The Kier molecular flexibility index (Phi) is 4.99. The van der Waals surface area contributed by atoms with E-state index in [-0.39, 0.29) is 0 Å². The van der Waals surface area contributed by atoms with E-state index in [1.807, 2.05) is 18.2 Å². The quantitative estimate of drug-likeness (QED) is 0.639. The predicted octanol–water partition coefficient (Wildman–Crippen LogP) is 3.91. The number of hydrogen-bond donors (Lipinski definition) is 4. The van der Waals surface area contributed by atoms with Crippen LogP contribution in [0.25, 0.3) is 16.6 Å². The first-order valence-corrected chi connectivity index (χ1v) is 8.70. The van der Waals surface area contributed by atoms with Gasteiger partial charge < -0.3 is 16.5 Å². The maximum absolute atomic E-state index is 11.2. The van der Waals surface area contributed by atoms with Crippen molar-refractivity contribution in [2.75, 3.05) is 5.32 Å². The van der Waals surface area contributed by atoms with Crippen molar-refractivity contribution in [1.29, 1.82) is 0 Å². The van der Waals surface area contributed by atoms with Gasteiger partial charge in [0.15, 0.2) is 0 Å². The van der Waals surface area contributed by atoms with Gasteiger partial charge >= 0.3 is 6.03 Å². The molecule has 1 aliphatic rings. The van der Waals surface area contributed by atoms with Crippen molar-refractivity contribution in [2.45, 2.75) is 38.5 Å². The molecule has 1 saturated carbocycles. The molecule has 1 aromatic heterocycles. The monoisotopic (exact) mass is 336 g/mol. The number of carbonyl (C=O) groups excluding carboxylic acids is 1. The molecule has 0 bridgehead atoms. The van der Waals surface area contributed by atoms with Crippen LogP contribution >= 0.6 is 0 Å². The zero-order valence-electron chi connectivity index (χ0n) is 14.3. The van der Waals surface area contributed by atoms with Gasteiger partial charge in [-0.2, -0.15) is 0 Å². The third-order valence-electron chi connectivity index (χ3n) is 4.72. The summed E-state index contributed by atoms with van der Waals surface area (Å²) < 4.78 is 0. The normalized spacial score (nSPS) is 14.7. The highest BCUT2D eigenvalue weighted by Crippen LogP contribution is 2.30. The van der Waals surface area contributed by atoms with E-state index < -0.39 is 6.03 Å². The Balaban J connectivity index is 1.84. The third kappa shape index (κ3) is 3.97. The molecule has 25 heavy (non-hydrogen) atoms. The van der Waals surface area contributed by atoms with E-state index in [4.69, 9.17) is 11.5 Å². The third-order valence-corrected chi connectivity index (χ3v) is 4.72. The highest BCUT2D eigenvalue weighted by atomic mass is 16.2. The number of aromatic amines is 1. The Morgan fingerprint density at radius 3 is 2.72 bits per heavy atom. The molecule has 0 radical (unpaired) electrons. The molecular formula is C20H24N4O. The van der Waals surface area contributed by atoms with E-state index >= 15 is 0 Å². The van der Waals surface area contributed by atoms with Crippen LogP contribution in [0.15, 0.2) is 24.8 Å². The minimum Gasteiger partial charge on any atom is -0.399 e. The molecule has 6 N–H and O–H groups in total. The van der Waals surface area contributed by atoms with E-state index in [1.165, 1.54) is 32.1 Å². The number of hydrogen-bond acceptors (Lipinski definition) is 2. The molecule has 0 atom stereocenters. The Bertz CT molecular complexity index is 863. The first kappa shape index (κ1) is 17.0. The molecular weight excluding hydrogens is 312 g/mol. The van der Waals surface area contributed by atoms with Crippen LogP contribution < -0.4 is 16.8 Å². The number of nitrogens with one attached hydrogen (secondary N) is 2. The number of benzene rings is 1. The van der Waals surface area contributed by atoms with Gasteiger partial charge in [-0.1, -0.05) is 43.7 Å². The Labute approximate surface area is 147 Å². The SMILES string of the molecule is C=C(N)c1c(NC(N)=O)[nH]c2cc(C#CCC3CCCCC3)ccc12. The lowest BCUT2D eigenvalue weighted by Crippen LogP contribution is -2.20. The van der Waals surface area contributed by atoms with Crippen molar-refractivity contribution in [3.8, 4) is 11.8 Å². The van der Waals surface area contributed by atoms with E-state index in [9.17, 15) is 4.79 Å². The summed E-state index contributed by atoms with van der Waals surface area (Å²) in [6.07, 6.45) is 7.60. The maximum Gasteiger partial charge on any atom is 0.317 e. The molecule has 1 aliphatic carbocycles. The van der Waals surface area contributed by atoms with Crippen LogP contribution in [0.3, 0.4) is 0 Å². The van der Waals surface area contributed by atoms with Crippen molar-refractivity contribution >= 4 is 28.4 Å². The van der Waals surface area contributed by atoms with Gasteiger partial charge in [-0.05, 0) is 30.9 Å². The number of urea groups is 1. The van der Waals surface area contributed by atoms with Gasteiger partial charge in [-0.15, -0.1) is 0 Å². The van der Waals surface area contributed by atoms with Crippen molar-refractivity contribution in [3.05, 3.63) is 35.9 Å². The Morgan fingerprint density at radius 2 is 2.04 bits per heavy atom.